The molecule has 1 N–H and O–H groups in total. The second kappa shape index (κ2) is 8.94. The molecule has 0 aromatic carbocycles. The average molecular weight is 486 g/mol. The molecule has 0 aliphatic carbocycles. The molecule has 1 saturated heterocycles. The zero-order chi connectivity index (χ0) is 21.7. The lowest BCUT2D eigenvalue weighted by Crippen LogP contribution is -2.44. The van der Waals surface area contributed by atoms with Gasteiger partial charge < -0.3 is 10.2 Å². The van der Waals surface area contributed by atoms with Gasteiger partial charge >= 0.3 is 0 Å². The molecule has 0 radical (unpaired) electrons. The molecule has 6 heterocycles. The maximum absolute atomic E-state index is 12.6. The van der Waals surface area contributed by atoms with Crippen molar-refractivity contribution in [3.8, 4) is 0 Å². The molecule has 0 unspecified atom stereocenters. The van der Waals surface area contributed by atoms with E-state index in [2.05, 4.69) is 23.9 Å². The van der Waals surface area contributed by atoms with Gasteiger partial charge in [0.05, 0.1) is 17.8 Å². The first-order chi connectivity index (χ1) is 15.7. The molecule has 33 heavy (non-hydrogen) atoms. The van der Waals surface area contributed by atoms with Gasteiger partial charge in [-0.05, 0) is 49.7 Å². The van der Waals surface area contributed by atoms with E-state index in [0.29, 0.717) is 18.2 Å². The van der Waals surface area contributed by atoms with Crippen LogP contribution in [0.2, 0.25) is 0 Å². The minimum absolute atomic E-state index is 0. The summed E-state index contributed by atoms with van der Waals surface area (Å²) in [5.41, 5.74) is 3.37. The summed E-state index contributed by atoms with van der Waals surface area (Å²) in [7, 11) is 0. The van der Waals surface area contributed by atoms with Gasteiger partial charge in [-0.15, -0.1) is 12.4 Å². The van der Waals surface area contributed by atoms with Crippen LogP contribution in [-0.4, -0.2) is 53.4 Å². The Morgan fingerprint density at radius 2 is 1.85 bits per heavy atom. The third-order valence-corrected chi connectivity index (χ3v) is 7.17. The van der Waals surface area contributed by atoms with Gasteiger partial charge in [-0.1, -0.05) is 0 Å². The number of aromatic nitrogens is 5. The second-order valence-corrected chi connectivity index (χ2v) is 9.19. The predicted molar refractivity (Wildman–Crippen MR) is 130 cm³/mol. The summed E-state index contributed by atoms with van der Waals surface area (Å²) in [6.45, 7) is 4.05. The minimum Gasteiger partial charge on any atom is -0.310 e. The van der Waals surface area contributed by atoms with Crippen LogP contribution < -0.4 is 16.4 Å². The van der Waals surface area contributed by atoms with Crippen LogP contribution in [0.5, 0.6) is 0 Å². The smallest absolute Gasteiger partial charge is 0.252 e. The van der Waals surface area contributed by atoms with E-state index in [9.17, 15) is 9.59 Å². The lowest BCUT2D eigenvalue weighted by Gasteiger charge is -2.34. The van der Waals surface area contributed by atoms with E-state index in [1.54, 1.807) is 16.7 Å². The Morgan fingerprint density at radius 1 is 1.06 bits per heavy atom. The van der Waals surface area contributed by atoms with E-state index in [0.717, 1.165) is 61.1 Å². The number of hydrogen-bond acceptors (Lipinski definition) is 8. The highest BCUT2D eigenvalue weighted by molar-refractivity contribution is 7.00. The van der Waals surface area contributed by atoms with Crippen molar-refractivity contribution in [1.29, 1.82) is 0 Å². The molecule has 9 nitrogen and oxygen atoms in total. The maximum atomic E-state index is 12.6. The van der Waals surface area contributed by atoms with Crippen molar-refractivity contribution in [1.82, 2.24) is 33.1 Å². The summed E-state index contributed by atoms with van der Waals surface area (Å²) in [6.07, 6.45) is 3.96. The van der Waals surface area contributed by atoms with Gasteiger partial charge in [0.25, 0.3) is 11.1 Å². The maximum Gasteiger partial charge on any atom is 0.252 e. The van der Waals surface area contributed by atoms with Crippen LogP contribution in [0.25, 0.3) is 22.2 Å². The van der Waals surface area contributed by atoms with Crippen molar-refractivity contribution >= 4 is 46.3 Å². The fourth-order valence-electron chi connectivity index (χ4n) is 5.00. The largest absolute Gasteiger partial charge is 0.310 e. The van der Waals surface area contributed by atoms with Crippen LogP contribution >= 0.6 is 24.1 Å². The Morgan fingerprint density at radius 3 is 2.67 bits per heavy atom. The van der Waals surface area contributed by atoms with Crippen molar-refractivity contribution in [3.63, 3.8) is 0 Å². The molecule has 4 aromatic heterocycles. The number of nitrogens with one attached hydrogen (secondary N) is 1. The normalized spacial score (nSPS) is 18.7. The van der Waals surface area contributed by atoms with Gasteiger partial charge in [-0.25, -0.2) is 4.98 Å². The van der Waals surface area contributed by atoms with Crippen LogP contribution in [0.4, 0.5) is 0 Å². The highest BCUT2D eigenvalue weighted by atomic mass is 35.5. The van der Waals surface area contributed by atoms with Gasteiger partial charge in [0.15, 0.2) is 5.65 Å². The van der Waals surface area contributed by atoms with Crippen LogP contribution in [0.15, 0.2) is 46.1 Å². The number of pyridine rings is 3. The van der Waals surface area contributed by atoms with E-state index in [1.807, 2.05) is 29.0 Å². The number of likely N-dealkylation sites (tertiary alicyclic amines) is 1. The van der Waals surface area contributed by atoms with Crippen molar-refractivity contribution in [3.05, 3.63) is 62.8 Å². The monoisotopic (exact) mass is 485 g/mol. The molecule has 4 aromatic rings. The Bertz CT molecular complexity index is 1420. The zero-order valence-corrected chi connectivity index (χ0v) is 19.5. The molecule has 0 bridgehead atoms. The summed E-state index contributed by atoms with van der Waals surface area (Å²) in [4.78, 5) is 31.7. The fourth-order valence-corrected chi connectivity index (χ4v) is 5.48. The second-order valence-electron chi connectivity index (χ2n) is 8.66. The lowest BCUT2D eigenvalue weighted by molar-refractivity contribution is 0.171. The minimum atomic E-state index is -0.0385. The van der Waals surface area contributed by atoms with E-state index in [4.69, 9.17) is 0 Å². The third-order valence-electron chi connectivity index (χ3n) is 6.64. The molecule has 1 atom stereocenters. The Balaban J connectivity index is 0.00000228. The van der Waals surface area contributed by atoms with Gasteiger partial charge in [-0.3, -0.25) is 18.7 Å². The highest BCUT2D eigenvalue weighted by Crippen LogP contribution is 2.25. The van der Waals surface area contributed by atoms with E-state index in [-0.39, 0.29) is 29.6 Å². The van der Waals surface area contributed by atoms with Gasteiger partial charge in [0.2, 0.25) is 0 Å². The molecule has 1 fully saturated rings. The van der Waals surface area contributed by atoms with Gasteiger partial charge in [-0.2, -0.15) is 8.75 Å². The van der Waals surface area contributed by atoms with Crippen molar-refractivity contribution in [2.24, 2.45) is 0 Å². The Hall–Kier alpha value is -2.66. The molecular formula is C22H24ClN7O2S. The zero-order valence-electron chi connectivity index (χ0n) is 17.9. The Labute approximate surface area is 199 Å². The molecule has 0 saturated carbocycles. The topological polar surface area (TPSA) is 97.9 Å². The average Bonchev–Trinajstić information content (AvgIpc) is 3.43. The predicted octanol–water partition coefficient (Wildman–Crippen LogP) is 1.79. The number of rotatable bonds is 5. The molecular weight excluding hydrogens is 462 g/mol. The van der Waals surface area contributed by atoms with Crippen LogP contribution in [0, 0.1) is 0 Å². The first kappa shape index (κ1) is 22.1. The van der Waals surface area contributed by atoms with E-state index in [1.165, 1.54) is 11.7 Å². The number of nitrogens with zero attached hydrogens (tertiary/aromatic N) is 6. The number of halogens is 1. The summed E-state index contributed by atoms with van der Waals surface area (Å²) in [5.74, 6) is 0. The first-order valence-corrected chi connectivity index (χ1v) is 11.7. The van der Waals surface area contributed by atoms with Gasteiger partial charge in [0, 0.05) is 49.4 Å². The van der Waals surface area contributed by atoms with Crippen molar-refractivity contribution in [2.45, 2.75) is 38.0 Å². The van der Waals surface area contributed by atoms with Crippen LogP contribution in [0.1, 0.15) is 24.4 Å². The number of piperidine rings is 1. The van der Waals surface area contributed by atoms with Crippen LogP contribution in [0.3, 0.4) is 0 Å². The SMILES string of the molecule is Cl.O=c1ccc2ccc(=O)n3c2n1C[C@H]3CN1CCC(NCc2cnc3nsnc3c2)CC1. The molecule has 2 aliphatic rings. The number of hydrogen-bond donors (Lipinski definition) is 1. The summed E-state index contributed by atoms with van der Waals surface area (Å²) < 4.78 is 12.0. The highest BCUT2D eigenvalue weighted by Gasteiger charge is 2.29. The molecule has 11 heteroatoms. The van der Waals surface area contributed by atoms with Crippen molar-refractivity contribution < 1.29 is 0 Å². The lowest BCUT2D eigenvalue weighted by atomic mass is 10.0. The van der Waals surface area contributed by atoms with E-state index < -0.39 is 0 Å². The quantitative estimate of drug-likeness (QED) is 0.460. The standard InChI is InChI=1S/C22H23N7O2S.ClH/c30-19-3-1-15-2-4-20(31)29-17(13-28(19)22(15)29)12-27-7-5-16(6-8-27)23-10-14-9-18-21(24-11-14)26-32-25-18;/h1-4,9,11,16-17,23H,5-8,10,12-13H2;1H/t17-;/m1./s1. The van der Waals surface area contributed by atoms with E-state index >= 15 is 0 Å². The fraction of sp³-hybridized carbons (Fsp3) is 0.409. The Kier molecular flexibility index (Phi) is 6.00. The third kappa shape index (κ3) is 4.08. The van der Waals surface area contributed by atoms with Crippen LogP contribution in [-0.2, 0) is 13.1 Å². The molecule has 6 rings (SSSR count). The number of fused-ring (bicyclic) bond motifs is 1. The van der Waals surface area contributed by atoms with Gasteiger partial charge in [0.1, 0.15) is 11.2 Å². The molecule has 0 amide bonds. The van der Waals surface area contributed by atoms with Crippen molar-refractivity contribution in [2.75, 3.05) is 19.6 Å². The first-order valence-electron chi connectivity index (χ1n) is 10.9. The summed E-state index contributed by atoms with van der Waals surface area (Å²) in [6, 6.07) is 9.31. The summed E-state index contributed by atoms with van der Waals surface area (Å²) in [5, 5.41) is 4.58. The molecule has 172 valence electrons. The summed E-state index contributed by atoms with van der Waals surface area (Å²) >= 11 is 1.19. The molecule has 0 spiro atoms. The molecule has 2 aliphatic heterocycles.